The van der Waals surface area contributed by atoms with Gasteiger partial charge in [0.1, 0.15) is 11.6 Å². The quantitative estimate of drug-likeness (QED) is 0.917. The van der Waals surface area contributed by atoms with E-state index in [2.05, 4.69) is 18.8 Å². The van der Waals surface area contributed by atoms with Gasteiger partial charge in [-0.2, -0.15) is 0 Å². The molecule has 0 bridgehead atoms. The summed E-state index contributed by atoms with van der Waals surface area (Å²) in [5.74, 6) is 1.79. The van der Waals surface area contributed by atoms with Gasteiger partial charge in [-0.05, 0) is 37.1 Å². The highest BCUT2D eigenvalue weighted by Crippen LogP contribution is 2.30. The lowest BCUT2D eigenvalue weighted by Crippen LogP contribution is -1.99. The Bertz CT molecular complexity index is 588. The van der Waals surface area contributed by atoms with Crippen LogP contribution in [0.3, 0.4) is 0 Å². The number of ether oxygens (including phenoxy) is 1. The van der Waals surface area contributed by atoms with Crippen molar-refractivity contribution in [2.45, 2.75) is 20.3 Å². The van der Waals surface area contributed by atoms with Crippen molar-refractivity contribution >= 4 is 0 Å². The van der Waals surface area contributed by atoms with E-state index in [0.29, 0.717) is 6.42 Å². The molecule has 0 spiro atoms. The highest BCUT2D eigenvalue weighted by atomic mass is 16.5. The third kappa shape index (κ3) is 2.49. The highest BCUT2D eigenvalue weighted by molar-refractivity contribution is 5.67. The summed E-state index contributed by atoms with van der Waals surface area (Å²) in [6.07, 6.45) is 2.57. The number of nitrogens with zero attached hydrogens (tertiary/aromatic N) is 2. The summed E-state index contributed by atoms with van der Waals surface area (Å²) < 4.78 is 7.29. The van der Waals surface area contributed by atoms with E-state index in [1.165, 1.54) is 5.56 Å². The molecule has 0 atom stereocenters. The predicted octanol–water partition coefficient (Wildman–Crippen LogP) is 2.25. The smallest absolute Gasteiger partial charge is 0.122 e. The minimum atomic E-state index is 0.116. The van der Waals surface area contributed by atoms with Crippen LogP contribution in [0.15, 0.2) is 18.3 Å². The Morgan fingerprint density at radius 1 is 1.26 bits per heavy atom. The zero-order valence-corrected chi connectivity index (χ0v) is 11.9. The minimum absolute atomic E-state index is 0.116. The van der Waals surface area contributed by atoms with E-state index < -0.39 is 0 Å². The van der Waals surface area contributed by atoms with Crippen molar-refractivity contribution in [2.75, 3.05) is 13.7 Å². The SMILES string of the molecule is COc1ccc(-c2cn(C)c(CCO)n2)c(C)c1C. The molecule has 1 heterocycles. The van der Waals surface area contributed by atoms with Gasteiger partial charge < -0.3 is 14.4 Å². The van der Waals surface area contributed by atoms with E-state index >= 15 is 0 Å². The standard InChI is InChI=1S/C15H20N2O2/c1-10-11(2)14(19-4)6-5-12(10)13-9-17(3)15(16-13)7-8-18/h5-6,9,18H,7-8H2,1-4H3. The van der Waals surface area contributed by atoms with Crippen LogP contribution in [-0.2, 0) is 13.5 Å². The van der Waals surface area contributed by atoms with Crippen LogP contribution < -0.4 is 4.74 Å². The Morgan fingerprint density at radius 2 is 2.00 bits per heavy atom. The first kappa shape index (κ1) is 13.6. The maximum atomic E-state index is 9.02. The Kier molecular flexibility index (Phi) is 3.90. The van der Waals surface area contributed by atoms with Gasteiger partial charge in [0.05, 0.1) is 19.4 Å². The number of methoxy groups -OCH3 is 1. The second kappa shape index (κ2) is 5.45. The molecule has 0 aliphatic heterocycles. The molecule has 1 aromatic heterocycles. The van der Waals surface area contributed by atoms with Gasteiger partial charge in [0, 0.05) is 25.2 Å². The lowest BCUT2D eigenvalue weighted by atomic mass is 10.0. The largest absolute Gasteiger partial charge is 0.496 e. The predicted molar refractivity (Wildman–Crippen MR) is 75.5 cm³/mol. The molecule has 0 saturated heterocycles. The zero-order valence-electron chi connectivity index (χ0n) is 11.9. The first-order chi connectivity index (χ1) is 9.08. The van der Waals surface area contributed by atoms with Crippen molar-refractivity contribution in [1.82, 2.24) is 9.55 Å². The lowest BCUT2D eigenvalue weighted by Gasteiger charge is -2.10. The molecule has 0 unspecified atom stereocenters. The molecule has 4 heteroatoms. The summed E-state index contributed by atoms with van der Waals surface area (Å²) in [6.45, 7) is 4.24. The first-order valence-corrected chi connectivity index (χ1v) is 6.36. The molecule has 4 nitrogen and oxygen atoms in total. The highest BCUT2D eigenvalue weighted by Gasteiger charge is 2.12. The molecule has 0 fully saturated rings. The van der Waals surface area contributed by atoms with Crippen LogP contribution in [0.25, 0.3) is 11.3 Å². The van der Waals surface area contributed by atoms with Crippen molar-refractivity contribution in [3.8, 4) is 17.0 Å². The van der Waals surface area contributed by atoms with E-state index in [0.717, 1.165) is 28.4 Å². The van der Waals surface area contributed by atoms with Gasteiger partial charge >= 0.3 is 0 Å². The second-order valence-electron chi connectivity index (χ2n) is 4.69. The maximum absolute atomic E-state index is 9.02. The molecule has 1 N–H and O–H groups in total. The Labute approximate surface area is 113 Å². The van der Waals surface area contributed by atoms with Crippen LogP contribution in [0.2, 0.25) is 0 Å². The number of aryl methyl sites for hydroxylation is 1. The first-order valence-electron chi connectivity index (χ1n) is 6.36. The van der Waals surface area contributed by atoms with Gasteiger partial charge in [-0.3, -0.25) is 0 Å². The fraction of sp³-hybridized carbons (Fsp3) is 0.400. The molecule has 2 rings (SSSR count). The van der Waals surface area contributed by atoms with Gasteiger partial charge in [0.15, 0.2) is 0 Å². The number of hydrogen-bond acceptors (Lipinski definition) is 3. The van der Waals surface area contributed by atoms with Gasteiger partial charge in [0.2, 0.25) is 0 Å². The van der Waals surface area contributed by atoms with Crippen LogP contribution >= 0.6 is 0 Å². The van der Waals surface area contributed by atoms with Crippen molar-refractivity contribution < 1.29 is 9.84 Å². The van der Waals surface area contributed by atoms with E-state index in [-0.39, 0.29) is 6.61 Å². The third-order valence-corrected chi connectivity index (χ3v) is 3.54. The van der Waals surface area contributed by atoms with Crippen molar-refractivity contribution in [3.05, 3.63) is 35.3 Å². The van der Waals surface area contributed by atoms with Gasteiger partial charge in [-0.1, -0.05) is 0 Å². The van der Waals surface area contributed by atoms with Crippen LogP contribution in [0.1, 0.15) is 17.0 Å². The zero-order chi connectivity index (χ0) is 14.0. The number of hydrogen-bond donors (Lipinski definition) is 1. The molecule has 102 valence electrons. The molecular weight excluding hydrogens is 240 g/mol. The van der Waals surface area contributed by atoms with Crippen LogP contribution in [0.4, 0.5) is 0 Å². The van der Waals surface area contributed by atoms with Crippen LogP contribution in [0.5, 0.6) is 5.75 Å². The molecule has 1 aromatic carbocycles. The maximum Gasteiger partial charge on any atom is 0.122 e. The van der Waals surface area contributed by atoms with Crippen LogP contribution in [-0.4, -0.2) is 28.4 Å². The van der Waals surface area contributed by atoms with E-state index in [4.69, 9.17) is 9.84 Å². The topological polar surface area (TPSA) is 47.3 Å². The Balaban J connectivity index is 2.47. The van der Waals surface area contributed by atoms with Crippen molar-refractivity contribution in [2.24, 2.45) is 7.05 Å². The molecular formula is C15H20N2O2. The van der Waals surface area contributed by atoms with Gasteiger partial charge in [-0.25, -0.2) is 4.98 Å². The monoisotopic (exact) mass is 260 g/mol. The molecule has 0 aliphatic rings. The molecule has 2 aromatic rings. The Morgan fingerprint density at radius 3 is 2.63 bits per heavy atom. The summed E-state index contributed by atoms with van der Waals surface area (Å²) in [7, 11) is 3.63. The number of rotatable bonds is 4. The summed E-state index contributed by atoms with van der Waals surface area (Å²) >= 11 is 0. The molecule has 19 heavy (non-hydrogen) atoms. The average molecular weight is 260 g/mol. The fourth-order valence-corrected chi connectivity index (χ4v) is 2.26. The molecule has 0 saturated carbocycles. The fourth-order valence-electron chi connectivity index (χ4n) is 2.26. The number of benzene rings is 1. The van der Waals surface area contributed by atoms with Crippen molar-refractivity contribution in [1.29, 1.82) is 0 Å². The van der Waals surface area contributed by atoms with E-state index in [1.807, 2.05) is 29.9 Å². The summed E-state index contributed by atoms with van der Waals surface area (Å²) in [6, 6.07) is 4.00. The normalized spacial score (nSPS) is 10.8. The van der Waals surface area contributed by atoms with E-state index in [1.54, 1.807) is 7.11 Å². The summed E-state index contributed by atoms with van der Waals surface area (Å²) in [4.78, 5) is 4.59. The van der Waals surface area contributed by atoms with E-state index in [9.17, 15) is 0 Å². The molecule has 0 amide bonds. The number of aliphatic hydroxyl groups is 1. The van der Waals surface area contributed by atoms with Crippen molar-refractivity contribution in [3.63, 3.8) is 0 Å². The minimum Gasteiger partial charge on any atom is -0.496 e. The summed E-state index contributed by atoms with van der Waals surface area (Å²) in [5, 5.41) is 9.02. The number of aromatic nitrogens is 2. The Hall–Kier alpha value is -1.81. The number of imidazole rings is 1. The van der Waals surface area contributed by atoms with Gasteiger partial charge in [0.25, 0.3) is 0 Å². The number of aliphatic hydroxyl groups excluding tert-OH is 1. The summed E-state index contributed by atoms with van der Waals surface area (Å²) in [5.41, 5.74) is 4.36. The second-order valence-corrected chi connectivity index (χ2v) is 4.69. The van der Waals surface area contributed by atoms with Gasteiger partial charge in [-0.15, -0.1) is 0 Å². The average Bonchev–Trinajstić information content (AvgIpc) is 2.74. The molecule has 0 radical (unpaired) electrons. The molecule has 0 aliphatic carbocycles. The third-order valence-electron chi connectivity index (χ3n) is 3.54. The lowest BCUT2D eigenvalue weighted by molar-refractivity contribution is 0.295. The van der Waals surface area contributed by atoms with Crippen LogP contribution in [0, 0.1) is 13.8 Å².